The van der Waals surface area contributed by atoms with Gasteiger partial charge in [-0.25, -0.2) is 4.98 Å². The largest absolute Gasteiger partial charge is 0.497 e. The van der Waals surface area contributed by atoms with E-state index in [1.807, 2.05) is 48.5 Å². The summed E-state index contributed by atoms with van der Waals surface area (Å²) in [5.74, 6) is 1.83. The third kappa shape index (κ3) is 3.67. The van der Waals surface area contributed by atoms with Crippen LogP contribution in [0.15, 0.2) is 59.1 Å². The Morgan fingerprint density at radius 3 is 2.78 bits per heavy atom. The lowest BCUT2D eigenvalue weighted by Gasteiger charge is -2.00. The summed E-state index contributed by atoms with van der Waals surface area (Å²) in [7, 11) is 1.61. The molecule has 2 N–H and O–H groups in total. The summed E-state index contributed by atoms with van der Waals surface area (Å²) in [6, 6.07) is 16.8. The number of benzene rings is 2. The van der Waals surface area contributed by atoms with Crippen LogP contribution >= 0.6 is 0 Å². The van der Waals surface area contributed by atoms with Gasteiger partial charge in [-0.2, -0.15) is 0 Å². The quantitative estimate of drug-likeness (QED) is 0.549. The van der Waals surface area contributed by atoms with Crippen LogP contribution in [0.1, 0.15) is 16.3 Å². The lowest BCUT2D eigenvalue weighted by Crippen LogP contribution is -2.26. The van der Waals surface area contributed by atoms with Crippen LogP contribution in [-0.2, 0) is 6.42 Å². The second-order valence-electron chi connectivity index (χ2n) is 6.01. The molecular weight excluding hydrogens is 344 g/mol. The van der Waals surface area contributed by atoms with E-state index in [2.05, 4.69) is 20.4 Å². The number of rotatable bonds is 6. The van der Waals surface area contributed by atoms with Crippen LogP contribution in [0.2, 0.25) is 0 Å². The number of methoxy groups -OCH3 is 1. The van der Waals surface area contributed by atoms with Crippen LogP contribution in [0.25, 0.3) is 22.4 Å². The Morgan fingerprint density at radius 2 is 2.00 bits per heavy atom. The molecule has 2 aromatic heterocycles. The maximum atomic E-state index is 12.3. The van der Waals surface area contributed by atoms with E-state index in [0.29, 0.717) is 18.7 Å². The van der Waals surface area contributed by atoms with E-state index in [1.54, 1.807) is 13.2 Å². The Bertz CT molecular complexity index is 1030. The van der Waals surface area contributed by atoms with Crippen LogP contribution in [-0.4, -0.2) is 34.7 Å². The molecule has 4 aromatic rings. The van der Waals surface area contributed by atoms with Crippen molar-refractivity contribution in [2.75, 3.05) is 13.7 Å². The molecule has 0 fully saturated rings. The molecule has 0 bridgehead atoms. The van der Waals surface area contributed by atoms with Gasteiger partial charge in [0.2, 0.25) is 0 Å². The highest BCUT2D eigenvalue weighted by atomic mass is 16.5. The predicted molar refractivity (Wildman–Crippen MR) is 101 cm³/mol. The van der Waals surface area contributed by atoms with Crippen molar-refractivity contribution in [1.82, 2.24) is 20.4 Å². The Hall–Kier alpha value is -3.61. The molecule has 27 heavy (non-hydrogen) atoms. The first kappa shape index (κ1) is 16.8. The molecule has 2 heterocycles. The first-order valence-corrected chi connectivity index (χ1v) is 8.56. The predicted octanol–water partition coefficient (Wildman–Crippen LogP) is 3.20. The van der Waals surface area contributed by atoms with E-state index < -0.39 is 0 Å². The summed E-state index contributed by atoms with van der Waals surface area (Å²) in [4.78, 5) is 20.0. The second-order valence-corrected chi connectivity index (χ2v) is 6.01. The molecule has 0 unspecified atom stereocenters. The SMILES string of the molecule is COc1ccc(-c2cc(C(=O)NCCc3nc4ccccc4[nH]3)no2)cc1. The average Bonchev–Trinajstić information content (AvgIpc) is 3.35. The van der Waals surface area contributed by atoms with E-state index in [9.17, 15) is 4.79 Å². The molecule has 7 heteroatoms. The third-order valence-corrected chi connectivity index (χ3v) is 4.20. The molecule has 0 aliphatic rings. The summed E-state index contributed by atoms with van der Waals surface area (Å²) in [5, 5.41) is 6.69. The van der Waals surface area contributed by atoms with Gasteiger partial charge in [-0.15, -0.1) is 0 Å². The summed E-state index contributed by atoms with van der Waals surface area (Å²) in [5.41, 5.74) is 2.97. The van der Waals surface area contributed by atoms with Gasteiger partial charge in [0.05, 0.1) is 18.1 Å². The van der Waals surface area contributed by atoms with Gasteiger partial charge in [-0.05, 0) is 36.4 Å². The summed E-state index contributed by atoms with van der Waals surface area (Å²) in [6.07, 6.45) is 0.601. The number of carbonyl (C=O) groups is 1. The van der Waals surface area contributed by atoms with Crippen molar-refractivity contribution in [2.24, 2.45) is 0 Å². The van der Waals surface area contributed by atoms with Crippen molar-refractivity contribution in [1.29, 1.82) is 0 Å². The molecule has 0 aliphatic carbocycles. The molecule has 0 radical (unpaired) electrons. The van der Waals surface area contributed by atoms with Gasteiger partial charge in [0.25, 0.3) is 5.91 Å². The first-order valence-electron chi connectivity index (χ1n) is 8.56. The molecule has 0 aliphatic heterocycles. The number of imidazole rings is 1. The average molecular weight is 362 g/mol. The van der Waals surface area contributed by atoms with Crippen molar-refractivity contribution in [3.05, 3.63) is 66.1 Å². The Balaban J connectivity index is 1.36. The van der Waals surface area contributed by atoms with Crippen LogP contribution in [0.5, 0.6) is 5.75 Å². The fourth-order valence-corrected chi connectivity index (χ4v) is 2.78. The molecule has 4 rings (SSSR count). The molecule has 2 aromatic carbocycles. The zero-order valence-electron chi connectivity index (χ0n) is 14.7. The van der Waals surface area contributed by atoms with Crippen molar-refractivity contribution >= 4 is 16.9 Å². The van der Waals surface area contributed by atoms with Crippen LogP contribution < -0.4 is 10.1 Å². The lowest BCUT2D eigenvalue weighted by atomic mass is 10.1. The number of hydrogen-bond donors (Lipinski definition) is 2. The number of ether oxygens (including phenoxy) is 1. The Morgan fingerprint density at radius 1 is 1.19 bits per heavy atom. The minimum atomic E-state index is -0.283. The second kappa shape index (κ2) is 7.33. The van der Waals surface area contributed by atoms with E-state index in [4.69, 9.17) is 9.26 Å². The molecule has 0 saturated heterocycles. The number of nitrogens with zero attached hydrogens (tertiary/aromatic N) is 2. The first-order chi connectivity index (χ1) is 13.2. The maximum Gasteiger partial charge on any atom is 0.273 e. The summed E-state index contributed by atoms with van der Waals surface area (Å²) >= 11 is 0. The maximum absolute atomic E-state index is 12.3. The highest BCUT2D eigenvalue weighted by Crippen LogP contribution is 2.23. The topological polar surface area (TPSA) is 93.0 Å². The zero-order valence-corrected chi connectivity index (χ0v) is 14.7. The van der Waals surface area contributed by atoms with E-state index >= 15 is 0 Å². The van der Waals surface area contributed by atoms with Crippen molar-refractivity contribution in [3.8, 4) is 17.1 Å². The normalized spacial score (nSPS) is 10.9. The zero-order chi connectivity index (χ0) is 18.6. The Kier molecular flexibility index (Phi) is 4.57. The monoisotopic (exact) mass is 362 g/mol. The highest BCUT2D eigenvalue weighted by Gasteiger charge is 2.13. The number of aromatic nitrogens is 3. The van der Waals surface area contributed by atoms with Gasteiger partial charge in [-0.3, -0.25) is 4.79 Å². The van der Waals surface area contributed by atoms with Gasteiger partial charge < -0.3 is 19.6 Å². The van der Waals surface area contributed by atoms with Gasteiger partial charge in [0.15, 0.2) is 11.5 Å². The number of amides is 1. The van der Waals surface area contributed by atoms with E-state index in [0.717, 1.165) is 28.2 Å². The number of nitrogens with one attached hydrogen (secondary N) is 2. The number of aromatic amines is 1. The van der Waals surface area contributed by atoms with E-state index in [-0.39, 0.29) is 11.6 Å². The molecule has 0 atom stereocenters. The number of carbonyl (C=O) groups excluding carboxylic acids is 1. The van der Waals surface area contributed by atoms with Gasteiger partial charge in [-0.1, -0.05) is 17.3 Å². The molecule has 136 valence electrons. The number of fused-ring (bicyclic) bond motifs is 1. The highest BCUT2D eigenvalue weighted by molar-refractivity contribution is 5.93. The molecule has 0 saturated carbocycles. The number of para-hydroxylation sites is 2. The van der Waals surface area contributed by atoms with Crippen LogP contribution in [0, 0.1) is 0 Å². The van der Waals surface area contributed by atoms with Crippen molar-refractivity contribution in [3.63, 3.8) is 0 Å². The minimum absolute atomic E-state index is 0.241. The minimum Gasteiger partial charge on any atom is -0.497 e. The Labute approximate surface area is 155 Å². The van der Waals surface area contributed by atoms with Gasteiger partial charge >= 0.3 is 0 Å². The standard InChI is InChI=1S/C20H18N4O3/c1-26-14-8-6-13(7-9-14)18-12-17(24-27-18)20(25)21-11-10-19-22-15-4-2-3-5-16(15)23-19/h2-9,12H,10-11H2,1H3,(H,21,25)(H,22,23). The van der Waals surface area contributed by atoms with Crippen LogP contribution in [0.3, 0.4) is 0 Å². The van der Waals surface area contributed by atoms with Gasteiger partial charge in [0, 0.05) is 24.6 Å². The molecular formula is C20H18N4O3. The molecule has 0 spiro atoms. The fourth-order valence-electron chi connectivity index (χ4n) is 2.78. The smallest absolute Gasteiger partial charge is 0.273 e. The molecule has 7 nitrogen and oxygen atoms in total. The van der Waals surface area contributed by atoms with Gasteiger partial charge in [0.1, 0.15) is 11.6 Å². The number of hydrogen-bond acceptors (Lipinski definition) is 5. The fraction of sp³-hybridized carbons (Fsp3) is 0.150. The molecule has 1 amide bonds. The summed E-state index contributed by atoms with van der Waals surface area (Å²) in [6.45, 7) is 0.448. The summed E-state index contributed by atoms with van der Waals surface area (Å²) < 4.78 is 10.4. The van der Waals surface area contributed by atoms with E-state index in [1.165, 1.54) is 0 Å². The third-order valence-electron chi connectivity index (χ3n) is 4.20. The van der Waals surface area contributed by atoms with Crippen molar-refractivity contribution < 1.29 is 14.1 Å². The van der Waals surface area contributed by atoms with Crippen LogP contribution in [0.4, 0.5) is 0 Å². The number of H-pyrrole nitrogens is 1. The lowest BCUT2D eigenvalue weighted by molar-refractivity contribution is 0.0945. The van der Waals surface area contributed by atoms with Crippen molar-refractivity contribution in [2.45, 2.75) is 6.42 Å².